The van der Waals surface area contributed by atoms with Gasteiger partial charge in [0, 0.05) is 0 Å². The molecule has 0 unspecified atom stereocenters. The molecule has 12 heavy (non-hydrogen) atoms. The van der Waals surface area contributed by atoms with Gasteiger partial charge in [-0.05, 0) is 0 Å². The Kier molecular flexibility index (Phi) is 3.28. The van der Waals surface area contributed by atoms with Crippen LogP contribution < -0.4 is 0 Å². The van der Waals surface area contributed by atoms with E-state index in [1.54, 1.807) is 0 Å². The molecule has 6 heteroatoms. The summed E-state index contributed by atoms with van der Waals surface area (Å²) in [6.45, 7) is -0.473. The highest BCUT2D eigenvalue weighted by Crippen LogP contribution is 2.23. The van der Waals surface area contributed by atoms with Gasteiger partial charge >= 0.3 is 0 Å². The Labute approximate surface area is 74.2 Å². The zero-order valence-corrected chi connectivity index (χ0v) is 6.92. The van der Waals surface area contributed by atoms with Crippen molar-refractivity contribution in [3.8, 4) is 0 Å². The van der Waals surface area contributed by atoms with E-state index in [4.69, 9.17) is 26.6 Å². The van der Waals surface area contributed by atoms with E-state index in [-0.39, 0.29) is 0 Å². The minimum atomic E-state index is -1.36. The van der Waals surface area contributed by atoms with E-state index in [0.29, 0.717) is 0 Å². The fourth-order valence-electron chi connectivity index (χ4n) is 1.06. The van der Waals surface area contributed by atoms with Crippen LogP contribution in [0.1, 0.15) is 0 Å². The van der Waals surface area contributed by atoms with Gasteiger partial charge < -0.3 is 25.2 Å². The second kappa shape index (κ2) is 3.87. The van der Waals surface area contributed by atoms with Crippen molar-refractivity contribution in [1.82, 2.24) is 0 Å². The summed E-state index contributed by atoms with van der Waals surface area (Å²) in [7, 11) is 0. The number of aliphatic hydroxyl groups is 4. The number of ether oxygens (including phenoxy) is 1. The van der Waals surface area contributed by atoms with E-state index in [9.17, 15) is 10.2 Å². The van der Waals surface area contributed by atoms with Gasteiger partial charge in [-0.1, -0.05) is 0 Å². The maximum absolute atomic E-state index is 9.20. The Morgan fingerprint density at radius 1 is 1.17 bits per heavy atom. The lowest BCUT2D eigenvalue weighted by Gasteiger charge is -2.37. The Morgan fingerprint density at radius 3 is 2.25 bits per heavy atom. The topological polar surface area (TPSA) is 90.2 Å². The molecule has 1 saturated heterocycles. The van der Waals surface area contributed by atoms with Gasteiger partial charge in [-0.25, -0.2) is 0 Å². The van der Waals surface area contributed by atoms with Crippen LogP contribution >= 0.6 is 11.6 Å². The van der Waals surface area contributed by atoms with Crippen LogP contribution in [-0.4, -0.2) is 57.0 Å². The van der Waals surface area contributed by atoms with E-state index < -0.39 is 36.6 Å². The molecule has 0 spiro atoms. The summed E-state index contributed by atoms with van der Waals surface area (Å²) in [5.74, 6) is 0. The van der Waals surface area contributed by atoms with Crippen LogP contribution in [0.2, 0.25) is 0 Å². The molecule has 0 aliphatic carbocycles. The van der Waals surface area contributed by atoms with Crippen molar-refractivity contribution in [2.24, 2.45) is 0 Å². The fraction of sp³-hybridized carbons (Fsp3) is 1.00. The Balaban J connectivity index is 2.63. The van der Waals surface area contributed by atoms with Crippen LogP contribution in [0.4, 0.5) is 0 Å². The maximum atomic E-state index is 9.20. The molecule has 0 radical (unpaired) electrons. The maximum Gasteiger partial charge on any atom is 0.174 e. The molecule has 1 aliphatic heterocycles. The molecule has 5 nitrogen and oxygen atoms in total. The molecule has 72 valence electrons. The van der Waals surface area contributed by atoms with E-state index in [0.717, 1.165) is 0 Å². The highest BCUT2D eigenvalue weighted by molar-refractivity contribution is 6.21. The third-order valence-electron chi connectivity index (χ3n) is 1.82. The average molecular weight is 199 g/mol. The van der Waals surface area contributed by atoms with Crippen molar-refractivity contribution in [2.45, 2.75) is 30.0 Å². The second-order valence-electron chi connectivity index (χ2n) is 2.67. The predicted molar refractivity (Wildman–Crippen MR) is 39.6 cm³/mol. The Bertz CT molecular complexity index is 150. The van der Waals surface area contributed by atoms with Gasteiger partial charge in [0.1, 0.15) is 23.7 Å². The number of halogens is 1. The second-order valence-corrected chi connectivity index (χ2v) is 3.18. The Morgan fingerprint density at radius 2 is 1.75 bits per heavy atom. The minimum Gasteiger partial charge on any atom is -0.394 e. The van der Waals surface area contributed by atoms with Crippen LogP contribution in [-0.2, 0) is 4.74 Å². The first-order valence-corrected chi connectivity index (χ1v) is 3.96. The smallest absolute Gasteiger partial charge is 0.174 e. The van der Waals surface area contributed by atoms with E-state index in [2.05, 4.69) is 0 Å². The predicted octanol–water partition coefficient (Wildman–Crippen LogP) is -1.97. The fourth-order valence-corrected chi connectivity index (χ4v) is 1.27. The highest BCUT2D eigenvalue weighted by Gasteiger charge is 2.42. The SMILES string of the molecule is OC[C@@H]1O[C@@H](O)[C@@H](Cl)[C@@H](O)[C@H]1O. The quantitative estimate of drug-likeness (QED) is 0.367. The van der Waals surface area contributed by atoms with Crippen LogP contribution in [0, 0.1) is 0 Å². The number of aliphatic hydroxyl groups excluding tert-OH is 4. The highest BCUT2D eigenvalue weighted by atomic mass is 35.5. The molecule has 1 aliphatic rings. The van der Waals surface area contributed by atoms with Crippen molar-refractivity contribution in [3.63, 3.8) is 0 Å². The molecular weight excluding hydrogens is 188 g/mol. The summed E-state index contributed by atoms with van der Waals surface area (Å²) in [5.41, 5.74) is 0. The summed E-state index contributed by atoms with van der Waals surface area (Å²) in [5, 5.41) is 35.0. The molecule has 1 heterocycles. The molecule has 0 aromatic carbocycles. The normalized spacial score (nSPS) is 49.2. The summed E-state index contributed by atoms with van der Waals surface area (Å²) >= 11 is 5.47. The molecular formula is C6H11ClO5. The zero-order valence-electron chi connectivity index (χ0n) is 6.17. The van der Waals surface area contributed by atoms with Gasteiger partial charge in [-0.2, -0.15) is 0 Å². The summed E-state index contributed by atoms with van der Waals surface area (Å²) in [6.07, 6.45) is -4.89. The monoisotopic (exact) mass is 198 g/mol. The average Bonchev–Trinajstić information content (AvgIpc) is 2.08. The van der Waals surface area contributed by atoms with Crippen molar-refractivity contribution < 1.29 is 25.2 Å². The van der Waals surface area contributed by atoms with Crippen molar-refractivity contribution in [1.29, 1.82) is 0 Å². The number of rotatable bonds is 1. The summed E-state index contributed by atoms with van der Waals surface area (Å²) in [4.78, 5) is 0. The van der Waals surface area contributed by atoms with Crippen LogP contribution in [0.5, 0.6) is 0 Å². The first-order valence-electron chi connectivity index (χ1n) is 3.52. The van der Waals surface area contributed by atoms with Gasteiger partial charge in [0.15, 0.2) is 6.29 Å². The van der Waals surface area contributed by atoms with Gasteiger partial charge in [-0.15, -0.1) is 11.6 Å². The van der Waals surface area contributed by atoms with Crippen molar-refractivity contribution in [3.05, 3.63) is 0 Å². The molecule has 0 aromatic heterocycles. The standard InChI is InChI=1S/C6H11ClO5/c7-3-5(10)4(9)2(1-8)12-6(3)11/h2-6,8-11H,1H2/t2-,3-,4-,5+,6+/m0/s1. The lowest BCUT2D eigenvalue weighted by molar-refractivity contribution is -0.236. The van der Waals surface area contributed by atoms with Gasteiger partial charge in [0.2, 0.25) is 0 Å². The summed E-state index contributed by atoms with van der Waals surface area (Å²) < 4.78 is 4.69. The minimum absolute atomic E-state index is 0.473. The molecule has 4 N–H and O–H groups in total. The first kappa shape index (κ1) is 10.2. The number of alkyl halides is 1. The molecule has 0 amide bonds. The van der Waals surface area contributed by atoms with Crippen LogP contribution in [0.25, 0.3) is 0 Å². The van der Waals surface area contributed by atoms with E-state index in [1.165, 1.54) is 0 Å². The molecule has 1 rings (SSSR count). The van der Waals surface area contributed by atoms with E-state index >= 15 is 0 Å². The van der Waals surface area contributed by atoms with Gasteiger partial charge in [-0.3, -0.25) is 0 Å². The summed E-state index contributed by atoms with van der Waals surface area (Å²) in [6, 6.07) is 0. The zero-order chi connectivity index (χ0) is 9.30. The largest absolute Gasteiger partial charge is 0.394 e. The number of hydrogen-bond donors (Lipinski definition) is 4. The molecule has 0 saturated carbocycles. The third-order valence-corrected chi connectivity index (χ3v) is 2.30. The van der Waals surface area contributed by atoms with Gasteiger partial charge in [0.25, 0.3) is 0 Å². The molecule has 0 aromatic rings. The van der Waals surface area contributed by atoms with E-state index in [1.807, 2.05) is 0 Å². The number of hydrogen-bond acceptors (Lipinski definition) is 5. The first-order chi connectivity index (χ1) is 5.57. The molecule has 0 bridgehead atoms. The van der Waals surface area contributed by atoms with Crippen LogP contribution in [0.15, 0.2) is 0 Å². The van der Waals surface area contributed by atoms with Crippen LogP contribution in [0.3, 0.4) is 0 Å². The molecule has 5 atom stereocenters. The third kappa shape index (κ3) is 1.71. The van der Waals surface area contributed by atoms with Crippen molar-refractivity contribution in [2.75, 3.05) is 6.61 Å². The lowest BCUT2D eigenvalue weighted by Crippen LogP contribution is -2.56. The van der Waals surface area contributed by atoms with Crippen molar-refractivity contribution >= 4 is 11.6 Å². The Hall–Kier alpha value is 0.0900. The van der Waals surface area contributed by atoms with Gasteiger partial charge in [0.05, 0.1) is 6.61 Å². The lowest BCUT2D eigenvalue weighted by atomic mass is 10.0. The molecule has 1 fully saturated rings.